The van der Waals surface area contributed by atoms with Gasteiger partial charge in [0.25, 0.3) is 0 Å². The van der Waals surface area contributed by atoms with Crippen molar-refractivity contribution in [3.63, 3.8) is 0 Å². The van der Waals surface area contributed by atoms with Crippen molar-refractivity contribution in [3.05, 3.63) is 60.2 Å². The summed E-state index contributed by atoms with van der Waals surface area (Å²) in [6.07, 6.45) is -1.09. The minimum atomic E-state index is -1.09. The van der Waals surface area contributed by atoms with Crippen LogP contribution < -0.4 is 9.47 Å². The molecule has 2 aromatic rings. The van der Waals surface area contributed by atoms with E-state index >= 15 is 0 Å². The molecule has 0 radical (unpaired) electrons. The lowest BCUT2D eigenvalue weighted by atomic mass is 10.1. The molecule has 0 fully saturated rings. The van der Waals surface area contributed by atoms with Crippen LogP contribution in [0.1, 0.15) is 18.6 Å². The quantitative estimate of drug-likeness (QED) is 0.676. The Morgan fingerprint density at radius 1 is 0.952 bits per heavy atom. The molecule has 21 heavy (non-hydrogen) atoms. The maximum Gasteiger partial charge on any atom is 0.349 e. The molecule has 0 saturated carbocycles. The van der Waals surface area contributed by atoms with E-state index < -0.39 is 18.0 Å². The Kier molecular flexibility index (Phi) is 4.56. The van der Waals surface area contributed by atoms with Crippen LogP contribution in [0.5, 0.6) is 11.5 Å². The number of aliphatic carboxylic acids is 1. The highest BCUT2D eigenvalue weighted by molar-refractivity contribution is 5.75. The van der Waals surface area contributed by atoms with Crippen LogP contribution in [0.15, 0.2) is 54.6 Å². The van der Waals surface area contributed by atoms with E-state index in [-0.39, 0.29) is 0 Å². The molecule has 2 aromatic carbocycles. The third-order valence-corrected chi connectivity index (χ3v) is 2.67. The molecule has 0 heterocycles. The van der Waals surface area contributed by atoms with E-state index in [9.17, 15) is 14.7 Å². The van der Waals surface area contributed by atoms with E-state index in [1.807, 2.05) is 0 Å². The zero-order valence-electron chi connectivity index (χ0n) is 11.4. The third kappa shape index (κ3) is 4.07. The number of esters is 1. The Morgan fingerprint density at radius 2 is 1.52 bits per heavy atom. The van der Waals surface area contributed by atoms with Crippen LogP contribution in [0.2, 0.25) is 0 Å². The smallest absolute Gasteiger partial charge is 0.349 e. The summed E-state index contributed by atoms with van der Waals surface area (Å²) in [6, 6.07) is 14.9. The molecule has 0 saturated heterocycles. The van der Waals surface area contributed by atoms with Gasteiger partial charge in [-0.05, 0) is 24.3 Å². The minimum Gasteiger partial charge on any atom is -0.478 e. The lowest BCUT2D eigenvalue weighted by molar-refractivity contribution is -0.145. The minimum absolute atomic E-state index is 0.376. The molecule has 0 spiro atoms. The van der Waals surface area contributed by atoms with Gasteiger partial charge >= 0.3 is 11.9 Å². The summed E-state index contributed by atoms with van der Waals surface area (Å²) in [5, 5.41) is 9.27. The number of carbonyl (C=O) groups is 2. The van der Waals surface area contributed by atoms with Gasteiger partial charge in [0.15, 0.2) is 0 Å². The molecular weight excluding hydrogens is 272 g/mol. The SMILES string of the molecule is CC(=O)Oc1ccc(O[C@@H](C(=O)O)c2ccccc2)cc1. The molecule has 2 rings (SSSR count). The van der Waals surface area contributed by atoms with Crippen molar-refractivity contribution in [2.45, 2.75) is 13.0 Å². The predicted octanol–water partition coefficient (Wildman–Crippen LogP) is 2.82. The lowest BCUT2D eigenvalue weighted by Crippen LogP contribution is -2.18. The van der Waals surface area contributed by atoms with Crippen molar-refractivity contribution in [1.82, 2.24) is 0 Å². The van der Waals surface area contributed by atoms with Gasteiger partial charge in [0.2, 0.25) is 6.10 Å². The van der Waals surface area contributed by atoms with Gasteiger partial charge in [-0.25, -0.2) is 4.79 Å². The molecule has 5 nitrogen and oxygen atoms in total. The second-order valence-electron chi connectivity index (χ2n) is 4.31. The van der Waals surface area contributed by atoms with Crippen molar-refractivity contribution in [3.8, 4) is 11.5 Å². The summed E-state index contributed by atoms with van der Waals surface area (Å²) in [6.45, 7) is 1.31. The van der Waals surface area contributed by atoms with Crippen LogP contribution in [-0.2, 0) is 9.59 Å². The number of ether oxygens (including phenoxy) is 2. The number of carbonyl (C=O) groups excluding carboxylic acids is 1. The topological polar surface area (TPSA) is 72.8 Å². The van der Waals surface area contributed by atoms with Gasteiger partial charge in [0.1, 0.15) is 11.5 Å². The molecule has 5 heteroatoms. The first-order valence-corrected chi connectivity index (χ1v) is 6.29. The second kappa shape index (κ2) is 6.56. The summed E-state index contributed by atoms with van der Waals surface area (Å²) in [4.78, 5) is 22.1. The van der Waals surface area contributed by atoms with E-state index in [0.717, 1.165) is 0 Å². The molecule has 0 unspecified atom stereocenters. The fraction of sp³-hybridized carbons (Fsp3) is 0.125. The van der Waals surface area contributed by atoms with Crippen molar-refractivity contribution in [2.24, 2.45) is 0 Å². The summed E-state index contributed by atoms with van der Waals surface area (Å²) in [7, 11) is 0. The van der Waals surface area contributed by atoms with Gasteiger partial charge in [-0.15, -0.1) is 0 Å². The molecule has 1 atom stereocenters. The molecule has 0 aromatic heterocycles. The van der Waals surface area contributed by atoms with Gasteiger partial charge in [0.05, 0.1) is 0 Å². The first-order chi connectivity index (χ1) is 10.1. The Bertz CT molecular complexity index is 619. The van der Waals surface area contributed by atoms with Crippen molar-refractivity contribution in [2.75, 3.05) is 0 Å². The van der Waals surface area contributed by atoms with Gasteiger partial charge in [-0.1, -0.05) is 30.3 Å². The fourth-order valence-corrected chi connectivity index (χ4v) is 1.78. The van der Waals surface area contributed by atoms with Crippen LogP contribution in [-0.4, -0.2) is 17.0 Å². The van der Waals surface area contributed by atoms with Gasteiger partial charge in [-0.3, -0.25) is 4.79 Å². The Labute approximate surface area is 121 Å². The number of hydrogen-bond donors (Lipinski definition) is 1. The van der Waals surface area contributed by atoms with E-state index in [1.54, 1.807) is 54.6 Å². The largest absolute Gasteiger partial charge is 0.478 e. The number of benzene rings is 2. The molecule has 108 valence electrons. The lowest BCUT2D eigenvalue weighted by Gasteiger charge is -2.15. The maximum atomic E-state index is 11.3. The van der Waals surface area contributed by atoms with Crippen LogP contribution in [0.3, 0.4) is 0 Å². The van der Waals surface area contributed by atoms with E-state index in [2.05, 4.69) is 0 Å². The molecule has 0 aliphatic rings. The Balaban J connectivity index is 2.14. The highest BCUT2D eigenvalue weighted by atomic mass is 16.5. The zero-order chi connectivity index (χ0) is 15.2. The average molecular weight is 286 g/mol. The fourth-order valence-electron chi connectivity index (χ4n) is 1.78. The van der Waals surface area contributed by atoms with Crippen LogP contribution in [0.25, 0.3) is 0 Å². The van der Waals surface area contributed by atoms with E-state index in [4.69, 9.17) is 9.47 Å². The van der Waals surface area contributed by atoms with E-state index in [1.165, 1.54) is 6.92 Å². The zero-order valence-corrected chi connectivity index (χ0v) is 11.4. The van der Waals surface area contributed by atoms with Crippen molar-refractivity contribution < 1.29 is 24.2 Å². The van der Waals surface area contributed by atoms with Gasteiger partial charge < -0.3 is 14.6 Å². The standard InChI is InChI=1S/C16H14O5/c1-11(17)20-13-7-9-14(10-8-13)21-15(16(18)19)12-5-3-2-4-6-12/h2-10,15H,1H3,(H,18,19)/t15-/m1/s1. The summed E-state index contributed by atoms with van der Waals surface area (Å²) in [5.74, 6) is -0.745. The Hall–Kier alpha value is -2.82. The van der Waals surface area contributed by atoms with Crippen LogP contribution in [0.4, 0.5) is 0 Å². The first kappa shape index (κ1) is 14.6. The molecule has 1 N–H and O–H groups in total. The van der Waals surface area contributed by atoms with Crippen molar-refractivity contribution in [1.29, 1.82) is 0 Å². The Morgan fingerprint density at radius 3 is 2.05 bits per heavy atom. The molecule has 0 aliphatic heterocycles. The molecule has 0 amide bonds. The second-order valence-corrected chi connectivity index (χ2v) is 4.31. The van der Waals surface area contributed by atoms with Gasteiger partial charge in [0, 0.05) is 12.5 Å². The average Bonchev–Trinajstić information content (AvgIpc) is 2.46. The molecule has 0 bridgehead atoms. The van der Waals surface area contributed by atoms with Gasteiger partial charge in [-0.2, -0.15) is 0 Å². The number of rotatable bonds is 5. The molecular formula is C16H14O5. The highest BCUT2D eigenvalue weighted by Crippen LogP contribution is 2.24. The third-order valence-electron chi connectivity index (χ3n) is 2.67. The summed E-state index contributed by atoms with van der Waals surface area (Å²) in [5.41, 5.74) is 0.550. The highest BCUT2D eigenvalue weighted by Gasteiger charge is 2.21. The number of carboxylic acids is 1. The van der Waals surface area contributed by atoms with E-state index in [0.29, 0.717) is 17.1 Å². The van der Waals surface area contributed by atoms with Crippen LogP contribution >= 0.6 is 0 Å². The molecule has 0 aliphatic carbocycles. The summed E-state index contributed by atoms with van der Waals surface area (Å²) >= 11 is 0. The number of hydrogen-bond acceptors (Lipinski definition) is 4. The number of carboxylic acid groups (broad SMARTS) is 1. The maximum absolute atomic E-state index is 11.3. The normalized spacial score (nSPS) is 11.5. The van der Waals surface area contributed by atoms with Crippen LogP contribution in [0, 0.1) is 0 Å². The first-order valence-electron chi connectivity index (χ1n) is 6.29. The predicted molar refractivity (Wildman–Crippen MR) is 75.2 cm³/mol. The summed E-state index contributed by atoms with van der Waals surface area (Å²) < 4.78 is 10.4. The monoisotopic (exact) mass is 286 g/mol. The van der Waals surface area contributed by atoms with Crippen molar-refractivity contribution >= 4 is 11.9 Å².